The van der Waals surface area contributed by atoms with Crippen LogP contribution in [0.2, 0.25) is 5.02 Å². The second-order valence-corrected chi connectivity index (χ2v) is 4.25. The quantitative estimate of drug-likeness (QED) is 0.844. The molecule has 0 aliphatic rings. The average molecular weight is 286 g/mol. The molecule has 1 atom stereocenters. The summed E-state index contributed by atoms with van der Waals surface area (Å²) in [5.41, 5.74) is 6.24. The van der Waals surface area contributed by atoms with Crippen LogP contribution in [0.15, 0.2) is 18.2 Å². The van der Waals surface area contributed by atoms with Crippen molar-refractivity contribution < 1.29 is 22.3 Å². The number of rotatable bonds is 5. The van der Waals surface area contributed by atoms with Crippen LogP contribution < -0.4 is 5.73 Å². The molecule has 0 spiro atoms. The molecule has 1 rings (SSSR count). The summed E-state index contributed by atoms with van der Waals surface area (Å²) >= 11 is 5.57. The Bertz CT molecular complexity index is 397. The van der Waals surface area contributed by atoms with E-state index in [2.05, 4.69) is 4.74 Å². The Labute approximate surface area is 107 Å². The molecule has 0 aromatic heterocycles. The first-order valence-corrected chi connectivity index (χ1v) is 5.50. The fourth-order valence-electron chi connectivity index (χ4n) is 1.35. The van der Waals surface area contributed by atoms with Crippen molar-refractivity contribution in [1.82, 2.24) is 0 Å². The summed E-state index contributed by atoms with van der Waals surface area (Å²) in [6.07, 6.45) is -4.10. The van der Waals surface area contributed by atoms with Crippen molar-refractivity contribution >= 4 is 11.6 Å². The minimum absolute atomic E-state index is 0.0455. The zero-order valence-electron chi connectivity index (χ0n) is 9.31. The van der Waals surface area contributed by atoms with Crippen LogP contribution in [-0.2, 0) is 11.2 Å². The summed E-state index contributed by atoms with van der Waals surface area (Å²) < 4.78 is 52.7. The molecule has 2 nitrogen and oxygen atoms in total. The Balaban J connectivity index is 2.40. The molecule has 7 heteroatoms. The number of halogens is 5. The lowest BCUT2D eigenvalue weighted by Crippen LogP contribution is -2.31. The van der Waals surface area contributed by atoms with E-state index in [1.165, 1.54) is 18.2 Å². The van der Waals surface area contributed by atoms with Gasteiger partial charge in [-0.25, -0.2) is 4.39 Å². The van der Waals surface area contributed by atoms with Crippen molar-refractivity contribution in [3.8, 4) is 0 Å². The molecule has 0 aliphatic heterocycles. The second kappa shape index (κ2) is 6.36. The average Bonchev–Trinajstić information content (AvgIpc) is 2.21. The van der Waals surface area contributed by atoms with Crippen molar-refractivity contribution in [3.63, 3.8) is 0 Å². The number of ether oxygens (including phenoxy) is 1. The van der Waals surface area contributed by atoms with E-state index in [1.54, 1.807) is 0 Å². The monoisotopic (exact) mass is 285 g/mol. The zero-order valence-corrected chi connectivity index (χ0v) is 10.1. The highest BCUT2D eigenvalue weighted by Crippen LogP contribution is 2.17. The molecule has 0 radical (unpaired) electrons. The van der Waals surface area contributed by atoms with Crippen molar-refractivity contribution in [2.75, 3.05) is 13.2 Å². The molecule has 0 aliphatic carbocycles. The molecule has 0 saturated heterocycles. The van der Waals surface area contributed by atoms with Gasteiger partial charge in [0.15, 0.2) is 0 Å². The summed E-state index contributed by atoms with van der Waals surface area (Å²) in [5.74, 6) is -0.553. The van der Waals surface area contributed by atoms with E-state index in [4.69, 9.17) is 17.3 Å². The highest BCUT2D eigenvalue weighted by molar-refractivity contribution is 6.30. The normalized spacial score (nSPS) is 13.7. The molecule has 0 saturated carbocycles. The topological polar surface area (TPSA) is 35.2 Å². The van der Waals surface area contributed by atoms with Gasteiger partial charge in [-0.3, -0.25) is 0 Å². The molecule has 0 heterocycles. The van der Waals surface area contributed by atoms with Gasteiger partial charge >= 0.3 is 6.18 Å². The Morgan fingerprint density at radius 2 is 2.00 bits per heavy atom. The number of hydrogen-bond acceptors (Lipinski definition) is 2. The van der Waals surface area contributed by atoms with Gasteiger partial charge in [0.25, 0.3) is 0 Å². The van der Waals surface area contributed by atoms with Gasteiger partial charge in [0, 0.05) is 6.04 Å². The van der Waals surface area contributed by atoms with E-state index in [-0.39, 0.29) is 18.1 Å². The summed E-state index contributed by atoms with van der Waals surface area (Å²) in [6.45, 7) is -1.56. The van der Waals surface area contributed by atoms with Gasteiger partial charge in [-0.05, 0) is 24.1 Å². The fourth-order valence-corrected chi connectivity index (χ4v) is 1.56. The second-order valence-electron chi connectivity index (χ2n) is 3.84. The number of benzene rings is 1. The predicted molar refractivity (Wildman–Crippen MR) is 60.0 cm³/mol. The van der Waals surface area contributed by atoms with E-state index in [0.717, 1.165) is 0 Å². The van der Waals surface area contributed by atoms with E-state index >= 15 is 0 Å². The van der Waals surface area contributed by atoms with Gasteiger partial charge in [0.2, 0.25) is 0 Å². The van der Waals surface area contributed by atoms with Crippen LogP contribution in [0.4, 0.5) is 17.6 Å². The first-order valence-electron chi connectivity index (χ1n) is 5.12. The van der Waals surface area contributed by atoms with Crippen LogP contribution in [0.1, 0.15) is 5.56 Å². The van der Waals surface area contributed by atoms with Crippen molar-refractivity contribution in [3.05, 3.63) is 34.6 Å². The maximum Gasteiger partial charge on any atom is 0.411 e. The van der Waals surface area contributed by atoms with Crippen molar-refractivity contribution in [2.45, 2.75) is 18.6 Å². The maximum absolute atomic E-state index is 12.9. The van der Waals surface area contributed by atoms with Crippen molar-refractivity contribution in [2.24, 2.45) is 5.73 Å². The summed E-state index contributed by atoms with van der Waals surface area (Å²) in [5, 5.41) is -0.0455. The Hall–Kier alpha value is -0.850. The highest BCUT2D eigenvalue weighted by Gasteiger charge is 2.27. The molecule has 1 aromatic carbocycles. The molecule has 18 heavy (non-hydrogen) atoms. The fraction of sp³-hybridized carbons (Fsp3) is 0.455. The minimum Gasteiger partial charge on any atom is -0.370 e. The van der Waals surface area contributed by atoms with Crippen LogP contribution >= 0.6 is 11.6 Å². The molecular weight excluding hydrogens is 274 g/mol. The van der Waals surface area contributed by atoms with Gasteiger partial charge in [-0.2, -0.15) is 13.2 Å². The first-order chi connectivity index (χ1) is 8.28. The summed E-state index contributed by atoms with van der Waals surface area (Å²) in [6, 6.07) is 3.45. The van der Waals surface area contributed by atoms with Gasteiger partial charge in [-0.1, -0.05) is 17.7 Å². The minimum atomic E-state index is -4.36. The molecule has 0 bridgehead atoms. The van der Waals surface area contributed by atoms with E-state index in [0.29, 0.717) is 5.56 Å². The summed E-state index contributed by atoms with van der Waals surface area (Å²) in [7, 11) is 0. The number of nitrogens with two attached hydrogens (primary N) is 1. The third-order valence-corrected chi connectivity index (χ3v) is 2.37. The van der Waals surface area contributed by atoms with Crippen LogP contribution in [0.5, 0.6) is 0 Å². The van der Waals surface area contributed by atoms with Crippen LogP contribution in [0.3, 0.4) is 0 Å². The highest BCUT2D eigenvalue weighted by atomic mass is 35.5. The van der Waals surface area contributed by atoms with Gasteiger partial charge in [0.05, 0.1) is 11.6 Å². The standard InChI is InChI=1S/C11H12ClF4NO/c12-9-4-7(1-2-10(9)13)3-8(17)5-18-6-11(14,15)16/h1-2,4,8H,3,5-6,17H2. The zero-order chi connectivity index (χ0) is 13.8. The molecule has 1 unspecified atom stereocenters. The predicted octanol–water partition coefficient (Wildman–Crippen LogP) is 2.93. The smallest absolute Gasteiger partial charge is 0.370 e. The molecule has 1 aromatic rings. The Kier molecular flexibility index (Phi) is 5.37. The molecule has 2 N–H and O–H groups in total. The lowest BCUT2D eigenvalue weighted by atomic mass is 10.1. The van der Waals surface area contributed by atoms with Crippen LogP contribution in [0.25, 0.3) is 0 Å². The summed E-state index contributed by atoms with van der Waals surface area (Å²) in [4.78, 5) is 0. The van der Waals surface area contributed by atoms with E-state index < -0.39 is 24.6 Å². The van der Waals surface area contributed by atoms with Crippen LogP contribution in [0, 0.1) is 5.82 Å². The molecule has 102 valence electrons. The SMILES string of the molecule is NC(COCC(F)(F)F)Cc1ccc(F)c(Cl)c1. The third-order valence-electron chi connectivity index (χ3n) is 2.08. The molecular formula is C11H12ClF4NO. The number of alkyl halides is 3. The van der Waals surface area contributed by atoms with Crippen LogP contribution in [-0.4, -0.2) is 25.4 Å². The van der Waals surface area contributed by atoms with E-state index in [1.807, 2.05) is 0 Å². The van der Waals surface area contributed by atoms with E-state index in [9.17, 15) is 17.6 Å². The molecule has 0 amide bonds. The Morgan fingerprint density at radius 1 is 1.33 bits per heavy atom. The maximum atomic E-state index is 12.9. The molecule has 0 fully saturated rings. The largest absolute Gasteiger partial charge is 0.411 e. The van der Waals surface area contributed by atoms with Crippen molar-refractivity contribution in [1.29, 1.82) is 0 Å². The lowest BCUT2D eigenvalue weighted by Gasteiger charge is -2.13. The third kappa shape index (κ3) is 5.66. The van der Waals surface area contributed by atoms with Gasteiger partial charge in [0.1, 0.15) is 12.4 Å². The van der Waals surface area contributed by atoms with Gasteiger partial charge < -0.3 is 10.5 Å². The first kappa shape index (κ1) is 15.2. The lowest BCUT2D eigenvalue weighted by molar-refractivity contribution is -0.174. The van der Waals surface area contributed by atoms with Gasteiger partial charge in [-0.15, -0.1) is 0 Å². The number of hydrogen-bond donors (Lipinski definition) is 1. The Morgan fingerprint density at radius 3 is 2.56 bits per heavy atom.